The van der Waals surface area contributed by atoms with Gasteiger partial charge in [-0.05, 0) is 61.6 Å². The molecule has 1 aliphatic carbocycles. The molecular formula is C24H28N2O5S. The van der Waals surface area contributed by atoms with Crippen LogP contribution in [0.3, 0.4) is 0 Å². The Morgan fingerprint density at radius 1 is 1.03 bits per heavy atom. The Bertz CT molecular complexity index is 1150. The third-order valence-electron chi connectivity index (χ3n) is 6.64. The van der Waals surface area contributed by atoms with Crippen LogP contribution in [0.1, 0.15) is 42.4 Å². The van der Waals surface area contributed by atoms with Gasteiger partial charge in [-0.2, -0.15) is 0 Å². The smallest absolute Gasteiger partial charge is 0.265 e. The molecule has 0 spiro atoms. The number of amides is 2. The Labute approximate surface area is 188 Å². The van der Waals surface area contributed by atoms with Crippen molar-refractivity contribution in [1.29, 1.82) is 0 Å². The van der Waals surface area contributed by atoms with Crippen molar-refractivity contribution in [3.05, 3.63) is 53.1 Å². The third-order valence-corrected chi connectivity index (χ3v) is 8.03. The van der Waals surface area contributed by atoms with E-state index < -0.39 is 10.0 Å². The number of aryl methyl sites for hydroxylation is 1. The number of carbonyl (C=O) groups excluding carboxylic acids is 2. The summed E-state index contributed by atoms with van der Waals surface area (Å²) >= 11 is 0. The molecule has 2 aromatic carbocycles. The number of carbonyl (C=O) groups is 2. The normalized spacial score (nSPS) is 20.9. The number of nitrogens with zero attached hydrogens (tertiary/aromatic N) is 1. The Balaban J connectivity index is 1.63. The maximum atomic E-state index is 13.2. The van der Waals surface area contributed by atoms with Crippen molar-refractivity contribution in [1.82, 2.24) is 4.90 Å². The summed E-state index contributed by atoms with van der Waals surface area (Å²) in [4.78, 5) is 26.9. The zero-order valence-electron chi connectivity index (χ0n) is 18.6. The molecule has 0 unspecified atom stereocenters. The van der Waals surface area contributed by atoms with Gasteiger partial charge in [-0.15, -0.1) is 0 Å². The van der Waals surface area contributed by atoms with Gasteiger partial charge >= 0.3 is 0 Å². The van der Waals surface area contributed by atoms with Crippen molar-refractivity contribution in [2.24, 2.45) is 11.8 Å². The number of anilines is 1. The summed E-state index contributed by atoms with van der Waals surface area (Å²) < 4.78 is 34.4. The highest BCUT2D eigenvalue weighted by Gasteiger charge is 2.47. The third kappa shape index (κ3) is 3.99. The Morgan fingerprint density at radius 2 is 1.69 bits per heavy atom. The monoisotopic (exact) mass is 456 g/mol. The number of sulfonamides is 1. The summed E-state index contributed by atoms with van der Waals surface area (Å²) in [7, 11) is -2.56. The molecule has 4 rings (SSSR count). The van der Waals surface area contributed by atoms with Gasteiger partial charge < -0.3 is 4.74 Å². The first kappa shape index (κ1) is 22.3. The SMILES string of the molecule is COc1ccc(CN2C(=O)[C@H]3CCCC[C@H]3C2=O)cc1S(=O)(=O)Nc1cccc(C)c1C. The fourth-order valence-corrected chi connectivity index (χ4v) is 6.00. The fourth-order valence-electron chi connectivity index (χ4n) is 4.66. The van der Waals surface area contributed by atoms with E-state index in [1.165, 1.54) is 18.1 Å². The van der Waals surface area contributed by atoms with Crippen LogP contribution in [0.5, 0.6) is 5.75 Å². The van der Waals surface area contributed by atoms with Gasteiger partial charge in [0.25, 0.3) is 10.0 Å². The van der Waals surface area contributed by atoms with Crippen molar-refractivity contribution < 1.29 is 22.7 Å². The van der Waals surface area contributed by atoms with Crippen molar-refractivity contribution >= 4 is 27.5 Å². The molecule has 8 heteroatoms. The number of ether oxygens (including phenoxy) is 1. The largest absolute Gasteiger partial charge is 0.495 e. The molecule has 1 saturated carbocycles. The molecule has 1 heterocycles. The molecule has 1 saturated heterocycles. The lowest BCUT2D eigenvalue weighted by molar-refractivity contribution is -0.140. The number of benzene rings is 2. The van der Waals surface area contributed by atoms with E-state index in [4.69, 9.17) is 4.74 Å². The molecule has 170 valence electrons. The number of fused-ring (bicyclic) bond motifs is 1. The van der Waals surface area contributed by atoms with Crippen molar-refractivity contribution in [3.8, 4) is 5.75 Å². The minimum absolute atomic E-state index is 0.0325. The molecule has 7 nitrogen and oxygen atoms in total. The summed E-state index contributed by atoms with van der Waals surface area (Å²) in [5.74, 6) is -0.562. The molecule has 2 fully saturated rings. The highest BCUT2D eigenvalue weighted by Crippen LogP contribution is 2.39. The molecule has 0 bridgehead atoms. The maximum Gasteiger partial charge on any atom is 0.265 e. The first-order valence-corrected chi connectivity index (χ1v) is 12.3. The first-order chi connectivity index (χ1) is 15.2. The molecule has 0 radical (unpaired) electrons. The molecule has 0 aromatic heterocycles. The average molecular weight is 457 g/mol. The van der Waals surface area contributed by atoms with E-state index in [1.807, 2.05) is 19.9 Å². The number of hydrogen-bond donors (Lipinski definition) is 1. The van der Waals surface area contributed by atoms with Crippen LogP contribution in [0.2, 0.25) is 0 Å². The molecule has 32 heavy (non-hydrogen) atoms. The van der Waals surface area contributed by atoms with Crippen LogP contribution in [0, 0.1) is 25.7 Å². The van der Waals surface area contributed by atoms with Crippen LogP contribution in [0.25, 0.3) is 0 Å². The molecule has 2 amide bonds. The zero-order valence-corrected chi connectivity index (χ0v) is 19.4. The van der Waals surface area contributed by atoms with E-state index in [-0.39, 0.29) is 40.8 Å². The summed E-state index contributed by atoms with van der Waals surface area (Å²) in [6.07, 6.45) is 3.41. The zero-order chi connectivity index (χ0) is 23.0. The van der Waals surface area contributed by atoms with Crippen LogP contribution < -0.4 is 9.46 Å². The molecule has 1 aliphatic heterocycles. The van der Waals surface area contributed by atoms with Crippen LogP contribution in [0.15, 0.2) is 41.3 Å². The standard InChI is InChI=1S/C24H28N2O5S/c1-15-7-6-10-20(16(15)2)25-32(29,30)22-13-17(11-12-21(22)31-3)14-26-23(27)18-8-4-5-9-19(18)24(26)28/h6-7,10-13,18-19,25H,4-5,8-9,14H2,1-3H3/t18-,19+. The number of hydrogen-bond acceptors (Lipinski definition) is 5. The quantitative estimate of drug-likeness (QED) is 0.668. The van der Waals surface area contributed by atoms with Crippen LogP contribution >= 0.6 is 0 Å². The maximum absolute atomic E-state index is 13.2. The van der Waals surface area contributed by atoms with E-state index in [2.05, 4.69) is 4.72 Å². The van der Waals surface area contributed by atoms with Gasteiger partial charge in [0.15, 0.2) is 0 Å². The lowest BCUT2D eigenvalue weighted by Gasteiger charge is -2.19. The van der Waals surface area contributed by atoms with E-state index in [1.54, 1.807) is 24.3 Å². The van der Waals surface area contributed by atoms with Crippen LogP contribution in [-0.4, -0.2) is 32.2 Å². The number of likely N-dealkylation sites (tertiary alicyclic amines) is 1. The number of methoxy groups -OCH3 is 1. The molecular weight excluding hydrogens is 428 g/mol. The number of nitrogens with one attached hydrogen (secondary N) is 1. The second-order valence-electron chi connectivity index (χ2n) is 8.60. The Hall–Kier alpha value is -2.87. The summed E-state index contributed by atoms with van der Waals surface area (Å²) in [6.45, 7) is 3.82. The van der Waals surface area contributed by atoms with Crippen molar-refractivity contribution in [2.45, 2.75) is 51.0 Å². The van der Waals surface area contributed by atoms with E-state index in [9.17, 15) is 18.0 Å². The minimum atomic E-state index is -3.96. The van der Waals surface area contributed by atoms with Gasteiger partial charge in [0.2, 0.25) is 11.8 Å². The topological polar surface area (TPSA) is 92.8 Å². The van der Waals surface area contributed by atoms with Gasteiger partial charge in [-0.1, -0.05) is 31.0 Å². The highest BCUT2D eigenvalue weighted by molar-refractivity contribution is 7.92. The van der Waals surface area contributed by atoms with Crippen LogP contribution in [-0.2, 0) is 26.2 Å². The van der Waals surface area contributed by atoms with E-state index >= 15 is 0 Å². The lowest BCUT2D eigenvalue weighted by atomic mass is 9.81. The summed E-state index contributed by atoms with van der Waals surface area (Å²) in [5.41, 5.74) is 2.86. The Morgan fingerprint density at radius 3 is 2.31 bits per heavy atom. The fraction of sp³-hybridized carbons (Fsp3) is 0.417. The van der Waals surface area contributed by atoms with Gasteiger partial charge in [0.05, 0.1) is 31.2 Å². The number of imide groups is 1. The average Bonchev–Trinajstić information content (AvgIpc) is 3.02. The van der Waals surface area contributed by atoms with Crippen molar-refractivity contribution in [2.75, 3.05) is 11.8 Å². The predicted molar refractivity (Wildman–Crippen MR) is 121 cm³/mol. The van der Waals surface area contributed by atoms with Gasteiger partial charge in [-0.25, -0.2) is 8.42 Å². The molecule has 2 atom stereocenters. The van der Waals surface area contributed by atoms with E-state index in [0.717, 1.165) is 36.8 Å². The van der Waals surface area contributed by atoms with E-state index in [0.29, 0.717) is 11.3 Å². The predicted octanol–water partition coefficient (Wildman–Crippen LogP) is 3.79. The number of rotatable bonds is 6. The van der Waals surface area contributed by atoms with Gasteiger partial charge in [0, 0.05) is 0 Å². The van der Waals surface area contributed by atoms with Gasteiger partial charge in [0.1, 0.15) is 10.6 Å². The Kier molecular flexibility index (Phi) is 5.99. The second kappa shape index (κ2) is 8.58. The molecule has 2 aromatic rings. The molecule has 2 aliphatic rings. The van der Waals surface area contributed by atoms with Gasteiger partial charge in [-0.3, -0.25) is 19.2 Å². The van der Waals surface area contributed by atoms with Crippen LogP contribution in [0.4, 0.5) is 5.69 Å². The van der Waals surface area contributed by atoms with Crippen molar-refractivity contribution in [3.63, 3.8) is 0 Å². The molecule has 1 N–H and O–H groups in total. The second-order valence-corrected chi connectivity index (χ2v) is 10.2. The summed E-state index contributed by atoms with van der Waals surface area (Å²) in [5, 5.41) is 0. The lowest BCUT2D eigenvalue weighted by Crippen LogP contribution is -2.30. The highest BCUT2D eigenvalue weighted by atomic mass is 32.2. The summed E-state index contributed by atoms with van der Waals surface area (Å²) in [6, 6.07) is 10.1. The minimum Gasteiger partial charge on any atom is -0.495 e. The first-order valence-electron chi connectivity index (χ1n) is 10.8.